The van der Waals surface area contributed by atoms with E-state index >= 15 is 0 Å². The summed E-state index contributed by atoms with van der Waals surface area (Å²) in [6, 6.07) is 13.1. The van der Waals surface area contributed by atoms with Gasteiger partial charge < -0.3 is 0 Å². The molecule has 0 saturated heterocycles. The molecule has 0 aliphatic heterocycles. The lowest BCUT2D eigenvalue weighted by atomic mass is 10.1. The number of benzene rings is 2. The highest BCUT2D eigenvalue weighted by Gasteiger charge is 2.38. The number of rotatable bonds is 5. The summed E-state index contributed by atoms with van der Waals surface area (Å²) in [6.45, 7) is 0.373. The third-order valence-electron chi connectivity index (χ3n) is 3.60. The van der Waals surface area contributed by atoms with E-state index in [0.29, 0.717) is 17.3 Å². The Morgan fingerprint density at radius 3 is 2.50 bits per heavy atom. The van der Waals surface area contributed by atoms with E-state index in [0.717, 1.165) is 23.6 Å². The van der Waals surface area contributed by atoms with Crippen molar-refractivity contribution in [3.05, 3.63) is 42.5 Å². The van der Waals surface area contributed by atoms with E-state index in [1.807, 2.05) is 30.3 Å². The maximum Gasteiger partial charge on any atom is 0.243 e. The first-order valence-electron chi connectivity index (χ1n) is 6.70. The standard InChI is InChI=1S/C15H16ClNO2S/c16-10-11-17(13-8-9-13)20(18,19)15-7-3-5-12-4-1-2-6-14(12)15/h1-7,13H,8-11H2. The molecular formula is C15H16ClNO2S. The van der Waals surface area contributed by atoms with Crippen LogP contribution in [0.2, 0.25) is 0 Å². The van der Waals surface area contributed by atoms with E-state index in [-0.39, 0.29) is 6.04 Å². The van der Waals surface area contributed by atoms with Crippen molar-refractivity contribution in [1.29, 1.82) is 0 Å². The number of halogens is 1. The number of alkyl halides is 1. The van der Waals surface area contributed by atoms with Gasteiger partial charge in [-0.15, -0.1) is 11.6 Å². The lowest BCUT2D eigenvalue weighted by Crippen LogP contribution is -2.34. The van der Waals surface area contributed by atoms with E-state index in [1.54, 1.807) is 16.4 Å². The van der Waals surface area contributed by atoms with Crippen molar-refractivity contribution in [1.82, 2.24) is 4.31 Å². The number of hydrogen-bond acceptors (Lipinski definition) is 2. The van der Waals surface area contributed by atoms with Gasteiger partial charge in [-0.25, -0.2) is 8.42 Å². The summed E-state index contributed by atoms with van der Waals surface area (Å²) in [5, 5.41) is 1.71. The predicted octanol–water partition coefficient (Wildman–Crippen LogP) is 3.23. The van der Waals surface area contributed by atoms with Gasteiger partial charge in [-0.3, -0.25) is 0 Å². The van der Waals surface area contributed by atoms with Crippen LogP contribution in [0.5, 0.6) is 0 Å². The highest BCUT2D eigenvalue weighted by Crippen LogP contribution is 2.34. The van der Waals surface area contributed by atoms with Gasteiger partial charge in [0.25, 0.3) is 0 Å². The molecule has 0 amide bonds. The van der Waals surface area contributed by atoms with Gasteiger partial charge in [0.15, 0.2) is 0 Å². The summed E-state index contributed by atoms with van der Waals surface area (Å²) in [6.07, 6.45) is 1.86. The smallest absolute Gasteiger partial charge is 0.207 e. The quantitative estimate of drug-likeness (QED) is 0.795. The van der Waals surface area contributed by atoms with Crippen LogP contribution >= 0.6 is 11.6 Å². The van der Waals surface area contributed by atoms with Crippen LogP contribution in [-0.2, 0) is 10.0 Å². The van der Waals surface area contributed by atoms with E-state index < -0.39 is 10.0 Å². The summed E-state index contributed by atoms with van der Waals surface area (Å²) >= 11 is 5.77. The minimum atomic E-state index is -3.48. The van der Waals surface area contributed by atoms with Crippen molar-refractivity contribution >= 4 is 32.4 Å². The molecular weight excluding hydrogens is 294 g/mol. The van der Waals surface area contributed by atoms with Gasteiger partial charge in [0.1, 0.15) is 0 Å². The van der Waals surface area contributed by atoms with Crippen molar-refractivity contribution in [2.75, 3.05) is 12.4 Å². The molecule has 3 rings (SSSR count). The van der Waals surface area contributed by atoms with E-state index in [2.05, 4.69) is 0 Å². The molecule has 0 bridgehead atoms. The maximum atomic E-state index is 12.9. The van der Waals surface area contributed by atoms with Crippen molar-refractivity contribution < 1.29 is 8.42 Å². The monoisotopic (exact) mass is 309 g/mol. The highest BCUT2D eigenvalue weighted by atomic mass is 35.5. The summed E-state index contributed by atoms with van der Waals surface area (Å²) in [5.74, 6) is 0.320. The molecule has 1 fully saturated rings. The Bertz CT molecular complexity index is 720. The average molecular weight is 310 g/mol. The van der Waals surface area contributed by atoms with E-state index in [9.17, 15) is 8.42 Å². The van der Waals surface area contributed by atoms with Crippen molar-refractivity contribution in [2.24, 2.45) is 0 Å². The molecule has 0 N–H and O–H groups in total. The van der Waals surface area contributed by atoms with Gasteiger partial charge in [-0.1, -0.05) is 36.4 Å². The van der Waals surface area contributed by atoms with Crippen LogP contribution < -0.4 is 0 Å². The molecule has 0 unspecified atom stereocenters. The van der Waals surface area contributed by atoms with Gasteiger partial charge >= 0.3 is 0 Å². The predicted molar refractivity (Wildman–Crippen MR) is 81.6 cm³/mol. The molecule has 0 heterocycles. The van der Waals surface area contributed by atoms with Crippen molar-refractivity contribution in [3.8, 4) is 0 Å². The Kier molecular flexibility index (Phi) is 3.71. The van der Waals surface area contributed by atoms with Crippen LogP contribution in [0.15, 0.2) is 47.4 Å². The molecule has 20 heavy (non-hydrogen) atoms. The first kappa shape index (κ1) is 13.9. The lowest BCUT2D eigenvalue weighted by Gasteiger charge is -2.21. The van der Waals surface area contributed by atoms with Crippen LogP contribution in [0.1, 0.15) is 12.8 Å². The zero-order valence-electron chi connectivity index (χ0n) is 11.0. The fourth-order valence-corrected chi connectivity index (χ4v) is 4.68. The molecule has 3 nitrogen and oxygen atoms in total. The lowest BCUT2D eigenvalue weighted by molar-refractivity contribution is 0.423. The Labute approximate surface area is 124 Å². The Morgan fingerprint density at radius 1 is 1.10 bits per heavy atom. The van der Waals surface area contributed by atoms with Crippen molar-refractivity contribution in [2.45, 2.75) is 23.8 Å². The van der Waals surface area contributed by atoms with Crippen molar-refractivity contribution in [3.63, 3.8) is 0 Å². The first-order chi connectivity index (χ1) is 9.64. The second-order valence-corrected chi connectivity index (χ2v) is 7.25. The maximum absolute atomic E-state index is 12.9. The Balaban J connectivity index is 2.13. The Morgan fingerprint density at radius 2 is 1.80 bits per heavy atom. The average Bonchev–Trinajstić information content (AvgIpc) is 3.28. The second-order valence-electron chi connectivity index (χ2n) is 5.01. The molecule has 0 radical (unpaired) electrons. The van der Waals surface area contributed by atoms with Crippen LogP contribution in [0.4, 0.5) is 0 Å². The number of nitrogens with zero attached hydrogens (tertiary/aromatic N) is 1. The van der Waals surface area contributed by atoms with E-state index in [1.165, 1.54) is 0 Å². The number of fused-ring (bicyclic) bond motifs is 1. The largest absolute Gasteiger partial charge is 0.243 e. The van der Waals surface area contributed by atoms with Crippen LogP contribution in [0.25, 0.3) is 10.8 Å². The fourth-order valence-electron chi connectivity index (χ4n) is 2.49. The molecule has 106 valence electrons. The highest BCUT2D eigenvalue weighted by molar-refractivity contribution is 7.89. The molecule has 0 aromatic heterocycles. The van der Waals surface area contributed by atoms with Crippen LogP contribution in [-0.4, -0.2) is 31.2 Å². The topological polar surface area (TPSA) is 37.4 Å². The van der Waals surface area contributed by atoms with Gasteiger partial charge in [-0.2, -0.15) is 4.31 Å². The SMILES string of the molecule is O=S(=O)(c1cccc2ccccc12)N(CCCl)C1CC1. The van der Waals surface area contributed by atoms with Crippen LogP contribution in [0.3, 0.4) is 0 Å². The zero-order valence-corrected chi connectivity index (χ0v) is 12.6. The third-order valence-corrected chi connectivity index (χ3v) is 5.77. The molecule has 0 spiro atoms. The second kappa shape index (κ2) is 5.35. The van der Waals surface area contributed by atoms with Gasteiger partial charge in [0.2, 0.25) is 10.0 Å². The Hall–Kier alpha value is -1.10. The fraction of sp³-hybridized carbons (Fsp3) is 0.333. The molecule has 5 heteroatoms. The third kappa shape index (κ3) is 2.43. The minimum Gasteiger partial charge on any atom is -0.207 e. The molecule has 1 aliphatic carbocycles. The minimum absolute atomic E-state index is 0.123. The summed E-state index contributed by atoms with van der Waals surface area (Å²) in [5.41, 5.74) is 0. The summed E-state index contributed by atoms with van der Waals surface area (Å²) < 4.78 is 27.3. The van der Waals surface area contributed by atoms with Gasteiger partial charge in [0.05, 0.1) is 4.90 Å². The summed E-state index contributed by atoms with van der Waals surface area (Å²) in [4.78, 5) is 0.382. The molecule has 0 atom stereocenters. The van der Waals surface area contributed by atoms with E-state index in [4.69, 9.17) is 11.6 Å². The molecule has 2 aromatic rings. The molecule has 1 aliphatic rings. The van der Waals surface area contributed by atoms with Gasteiger partial charge in [-0.05, 0) is 24.3 Å². The normalized spacial score (nSPS) is 15.9. The summed E-state index contributed by atoms with van der Waals surface area (Å²) in [7, 11) is -3.48. The zero-order chi connectivity index (χ0) is 14.2. The first-order valence-corrected chi connectivity index (χ1v) is 8.67. The number of sulfonamides is 1. The molecule has 2 aromatic carbocycles. The number of hydrogen-bond donors (Lipinski definition) is 0. The van der Waals surface area contributed by atoms with Gasteiger partial charge in [0, 0.05) is 23.9 Å². The van der Waals surface area contributed by atoms with Crippen LogP contribution in [0, 0.1) is 0 Å². The molecule has 1 saturated carbocycles.